The highest BCUT2D eigenvalue weighted by Gasteiger charge is 2.01. The number of nitrogens with zero attached hydrogens (tertiary/aromatic N) is 3. The zero-order valence-corrected chi connectivity index (χ0v) is 7.13. The van der Waals surface area contributed by atoms with Crippen molar-refractivity contribution in [3.8, 4) is 0 Å². The van der Waals surface area contributed by atoms with Crippen molar-refractivity contribution in [3.63, 3.8) is 0 Å². The molecule has 0 atom stereocenters. The van der Waals surface area contributed by atoms with Crippen molar-refractivity contribution in [3.05, 3.63) is 12.2 Å². The molecule has 1 aromatic heterocycles. The Hall–Kier alpha value is -0.970. The van der Waals surface area contributed by atoms with Crippen LogP contribution in [0.1, 0.15) is 12.2 Å². The lowest BCUT2D eigenvalue weighted by atomic mass is 10.4. The minimum absolute atomic E-state index is 0.307. The average Bonchev–Trinajstić information content (AvgIpc) is 2.50. The van der Waals surface area contributed by atoms with Gasteiger partial charge >= 0.3 is 0 Å². The first-order valence-corrected chi connectivity index (χ1v) is 3.95. The monoisotopic (exact) mass is 172 g/mol. The highest BCUT2D eigenvalue weighted by molar-refractivity contribution is 4.82. The second-order valence-electron chi connectivity index (χ2n) is 2.47. The molecule has 0 fully saturated rings. The molecule has 5 heteroatoms. The first-order chi connectivity index (χ1) is 5.88. The smallest absolute Gasteiger partial charge is 0.140 e. The van der Waals surface area contributed by atoms with E-state index in [1.165, 1.54) is 6.33 Å². The Bertz CT molecular complexity index is 223. The molecule has 68 valence electrons. The van der Waals surface area contributed by atoms with Gasteiger partial charge in [-0.2, -0.15) is 5.10 Å². The molecule has 0 spiro atoms. The minimum Gasteiger partial charge on any atom is -0.313 e. The lowest BCUT2D eigenvalue weighted by Gasteiger charge is -2.02. The number of halogens is 1. The van der Waals surface area contributed by atoms with Gasteiger partial charge < -0.3 is 5.32 Å². The number of hydrogen-bond acceptors (Lipinski definition) is 3. The number of aryl methyl sites for hydroxylation is 1. The fraction of sp³-hybridized carbons (Fsp3) is 0.714. The molecule has 1 rings (SSSR count). The molecule has 4 nitrogen and oxygen atoms in total. The molecule has 1 aromatic rings. The summed E-state index contributed by atoms with van der Waals surface area (Å²) in [5.41, 5.74) is 0. The Morgan fingerprint density at radius 1 is 1.67 bits per heavy atom. The van der Waals surface area contributed by atoms with Crippen LogP contribution in [0.25, 0.3) is 0 Å². The second kappa shape index (κ2) is 4.82. The van der Waals surface area contributed by atoms with E-state index in [-0.39, 0.29) is 6.67 Å². The fourth-order valence-corrected chi connectivity index (χ4v) is 0.979. The van der Waals surface area contributed by atoms with Crippen molar-refractivity contribution < 1.29 is 4.39 Å². The largest absolute Gasteiger partial charge is 0.313 e. The highest BCUT2D eigenvalue weighted by Crippen LogP contribution is 1.95. The Morgan fingerprint density at radius 2 is 2.50 bits per heavy atom. The van der Waals surface area contributed by atoms with Crippen molar-refractivity contribution in [1.29, 1.82) is 0 Å². The van der Waals surface area contributed by atoms with Gasteiger partial charge in [-0.15, -0.1) is 0 Å². The van der Waals surface area contributed by atoms with Gasteiger partial charge in [-0.1, -0.05) is 0 Å². The van der Waals surface area contributed by atoms with E-state index >= 15 is 0 Å². The summed E-state index contributed by atoms with van der Waals surface area (Å²) in [5, 5.41) is 6.94. The Balaban J connectivity index is 2.51. The minimum atomic E-state index is -0.307. The van der Waals surface area contributed by atoms with Crippen LogP contribution in [0.5, 0.6) is 0 Å². The summed E-state index contributed by atoms with van der Waals surface area (Å²) in [4.78, 5) is 4.03. The van der Waals surface area contributed by atoms with Crippen LogP contribution in [0.2, 0.25) is 0 Å². The highest BCUT2D eigenvalue weighted by atomic mass is 19.1. The third-order valence-electron chi connectivity index (χ3n) is 1.53. The van der Waals surface area contributed by atoms with Crippen LogP contribution < -0.4 is 5.32 Å². The predicted molar refractivity (Wildman–Crippen MR) is 43.4 cm³/mol. The predicted octanol–water partition coefficient (Wildman–Crippen LogP) is 0.357. The third kappa shape index (κ3) is 2.27. The summed E-state index contributed by atoms with van der Waals surface area (Å²) < 4.78 is 13.5. The van der Waals surface area contributed by atoms with Crippen molar-refractivity contribution in [2.75, 3.05) is 13.7 Å². The number of hydrogen-bond donors (Lipinski definition) is 1. The maximum absolute atomic E-state index is 11.8. The molecule has 0 aliphatic heterocycles. The van der Waals surface area contributed by atoms with E-state index in [1.807, 2.05) is 7.05 Å². The van der Waals surface area contributed by atoms with Crippen LogP contribution in [0.15, 0.2) is 6.33 Å². The number of nitrogens with one attached hydrogen (secondary N) is 1. The van der Waals surface area contributed by atoms with Crippen LogP contribution >= 0.6 is 0 Å². The van der Waals surface area contributed by atoms with Gasteiger partial charge in [-0.25, -0.2) is 9.67 Å². The zero-order chi connectivity index (χ0) is 8.81. The molecule has 0 saturated heterocycles. The van der Waals surface area contributed by atoms with E-state index in [1.54, 1.807) is 4.68 Å². The van der Waals surface area contributed by atoms with Gasteiger partial charge in [0, 0.05) is 6.54 Å². The van der Waals surface area contributed by atoms with E-state index in [9.17, 15) is 4.39 Å². The maximum Gasteiger partial charge on any atom is 0.140 e. The van der Waals surface area contributed by atoms with Crippen molar-refractivity contribution in [1.82, 2.24) is 20.1 Å². The molecule has 0 aliphatic rings. The first kappa shape index (κ1) is 9.12. The van der Waals surface area contributed by atoms with E-state index < -0.39 is 0 Å². The summed E-state index contributed by atoms with van der Waals surface area (Å²) in [6, 6.07) is 0. The second-order valence-corrected chi connectivity index (χ2v) is 2.47. The molecule has 0 bridgehead atoms. The summed E-state index contributed by atoms with van der Waals surface area (Å²) in [6.45, 7) is 0.971. The first-order valence-electron chi connectivity index (χ1n) is 3.95. The Kier molecular flexibility index (Phi) is 3.66. The van der Waals surface area contributed by atoms with Gasteiger partial charge in [0.2, 0.25) is 0 Å². The van der Waals surface area contributed by atoms with Crippen molar-refractivity contribution in [2.24, 2.45) is 0 Å². The van der Waals surface area contributed by atoms with E-state index in [0.29, 0.717) is 19.5 Å². The van der Waals surface area contributed by atoms with Gasteiger partial charge in [0.25, 0.3) is 0 Å². The molecule has 0 radical (unpaired) electrons. The average molecular weight is 172 g/mol. The lowest BCUT2D eigenvalue weighted by Crippen LogP contribution is -2.13. The molecule has 0 aliphatic carbocycles. The molecular formula is C7H13FN4. The molecule has 0 aromatic carbocycles. The molecule has 0 saturated carbocycles. The quantitative estimate of drug-likeness (QED) is 0.697. The van der Waals surface area contributed by atoms with E-state index in [0.717, 1.165) is 5.82 Å². The molecular weight excluding hydrogens is 159 g/mol. The topological polar surface area (TPSA) is 42.7 Å². The van der Waals surface area contributed by atoms with Crippen LogP contribution in [-0.4, -0.2) is 28.5 Å². The van der Waals surface area contributed by atoms with Gasteiger partial charge in [0.1, 0.15) is 12.2 Å². The molecule has 1 N–H and O–H groups in total. The number of aromatic nitrogens is 3. The Labute approximate surface area is 70.8 Å². The van der Waals surface area contributed by atoms with E-state index in [4.69, 9.17) is 0 Å². The lowest BCUT2D eigenvalue weighted by molar-refractivity contribution is 0.427. The van der Waals surface area contributed by atoms with Crippen LogP contribution in [0.3, 0.4) is 0 Å². The summed E-state index contributed by atoms with van der Waals surface area (Å²) >= 11 is 0. The summed E-state index contributed by atoms with van der Waals surface area (Å²) in [5.74, 6) is 0.853. The zero-order valence-electron chi connectivity index (χ0n) is 7.13. The van der Waals surface area contributed by atoms with Gasteiger partial charge in [-0.3, -0.25) is 4.39 Å². The van der Waals surface area contributed by atoms with Crippen LogP contribution in [0, 0.1) is 0 Å². The number of rotatable bonds is 5. The van der Waals surface area contributed by atoms with Gasteiger partial charge in [0.05, 0.1) is 13.2 Å². The Morgan fingerprint density at radius 3 is 3.17 bits per heavy atom. The molecule has 1 heterocycles. The number of alkyl halides is 1. The van der Waals surface area contributed by atoms with Crippen molar-refractivity contribution >= 4 is 0 Å². The van der Waals surface area contributed by atoms with Crippen LogP contribution in [-0.2, 0) is 13.1 Å². The van der Waals surface area contributed by atoms with E-state index in [2.05, 4.69) is 15.4 Å². The van der Waals surface area contributed by atoms with Gasteiger partial charge in [0.15, 0.2) is 0 Å². The third-order valence-corrected chi connectivity index (χ3v) is 1.53. The normalized spacial score (nSPS) is 10.5. The maximum atomic E-state index is 11.8. The molecule has 0 amide bonds. The SMILES string of the molecule is CNCc1ncnn1CCCF. The molecule has 12 heavy (non-hydrogen) atoms. The van der Waals surface area contributed by atoms with Gasteiger partial charge in [-0.05, 0) is 13.5 Å². The van der Waals surface area contributed by atoms with Crippen molar-refractivity contribution in [2.45, 2.75) is 19.5 Å². The standard InChI is InChI=1S/C7H13FN4/c1-9-5-7-10-6-11-12(7)4-2-3-8/h6,9H,2-5H2,1H3. The molecule has 0 unspecified atom stereocenters. The summed E-state index contributed by atoms with van der Waals surface area (Å²) in [6.07, 6.45) is 1.99. The fourth-order valence-electron chi connectivity index (χ4n) is 0.979. The van der Waals surface area contributed by atoms with Crippen LogP contribution in [0.4, 0.5) is 4.39 Å². The summed E-state index contributed by atoms with van der Waals surface area (Å²) in [7, 11) is 1.84.